The lowest BCUT2D eigenvalue weighted by atomic mass is 10.0. The molecule has 3 N–H and O–H groups in total. The highest BCUT2D eigenvalue weighted by Crippen LogP contribution is 2.11. The van der Waals surface area contributed by atoms with Crippen LogP contribution >= 0.6 is 0 Å². The third-order valence-corrected chi connectivity index (χ3v) is 2.20. The zero-order valence-corrected chi connectivity index (χ0v) is 5.98. The second-order valence-electron chi connectivity index (χ2n) is 2.97. The third-order valence-electron chi connectivity index (χ3n) is 2.20. The van der Waals surface area contributed by atoms with E-state index in [0.717, 1.165) is 18.9 Å². The fourth-order valence-electron chi connectivity index (χ4n) is 1.67. The topological polar surface area (TPSA) is 36.1 Å². The number of fused-ring (bicyclic) bond motifs is 1. The minimum Gasteiger partial charge on any atom is -0.367 e. The summed E-state index contributed by atoms with van der Waals surface area (Å²) < 4.78 is 0. The molecular formula is C7H13N3. The number of piperidine rings is 1. The summed E-state index contributed by atoms with van der Waals surface area (Å²) in [4.78, 5) is 0. The van der Waals surface area contributed by atoms with E-state index in [0.29, 0.717) is 12.1 Å². The maximum absolute atomic E-state index is 3.83. The molecule has 10 heavy (non-hydrogen) atoms. The van der Waals surface area contributed by atoms with Gasteiger partial charge >= 0.3 is 0 Å². The first-order valence-electron chi connectivity index (χ1n) is 3.79. The molecule has 2 fully saturated rings. The predicted octanol–water partition coefficient (Wildman–Crippen LogP) is -0.619. The fourth-order valence-corrected chi connectivity index (χ4v) is 1.67. The summed E-state index contributed by atoms with van der Waals surface area (Å²) in [5.41, 5.74) is 0. The Balaban J connectivity index is 2.04. The van der Waals surface area contributed by atoms with E-state index in [1.165, 1.54) is 6.42 Å². The van der Waals surface area contributed by atoms with Crippen LogP contribution in [-0.4, -0.2) is 25.2 Å². The molecule has 56 valence electrons. The lowest BCUT2D eigenvalue weighted by Gasteiger charge is -2.24. The molecule has 0 radical (unpaired) electrons. The standard InChI is InChI=1S/C7H13N3/c1-5-9-6-2-3-8-4-7(6)10-5/h6-10H,1-4H2. The smallest absolute Gasteiger partial charge is 0.0918 e. The maximum Gasteiger partial charge on any atom is 0.0918 e. The van der Waals surface area contributed by atoms with E-state index >= 15 is 0 Å². The van der Waals surface area contributed by atoms with Crippen LogP contribution in [0.2, 0.25) is 0 Å². The van der Waals surface area contributed by atoms with Crippen LogP contribution in [0.3, 0.4) is 0 Å². The van der Waals surface area contributed by atoms with Crippen LogP contribution in [0.1, 0.15) is 6.42 Å². The summed E-state index contributed by atoms with van der Waals surface area (Å²) in [7, 11) is 0. The van der Waals surface area contributed by atoms with Crippen LogP contribution in [0.5, 0.6) is 0 Å². The molecule has 2 heterocycles. The normalized spacial score (nSPS) is 38.2. The highest BCUT2D eigenvalue weighted by atomic mass is 15.2. The highest BCUT2D eigenvalue weighted by molar-refractivity contribution is 5.07. The average Bonchev–Trinajstić information content (AvgIpc) is 2.27. The van der Waals surface area contributed by atoms with E-state index < -0.39 is 0 Å². The minimum absolute atomic E-state index is 0.571. The number of hydrogen-bond acceptors (Lipinski definition) is 3. The van der Waals surface area contributed by atoms with Crippen molar-refractivity contribution in [3.05, 3.63) is 12.4 Å². The van der Waals surface area contributed by atoms with Gasteiger partial charge in [-0.05, 0) is 13.0 Å². The SMILES string of the molecule is C=C1NC2CCNCC2N1. The molecule has 2 aliphatic rings. The molecular weight excluding hydrogens is 126 g/mol. The van der Waals surface area contributed by atoms with Gasteiger partial charge in [0.05, 0.1) is 17.9 Å². The predicted molar refractivity (Wildman–Crippen MR) is 40.5 cm³/mol. The first-order chi connectivity index (χ1) is 4.86. The summed E-state index contributed by atoms with van der Waals surface area (Å²) >= 11 is 0. The summed E-state index contributed by atoms with van der Waals surface area (Å²) in [6, 6.07) is 1.19. The van der Waals surface area contributed by atoms with Gasteiger partial charge in [0.1, 0.15) is 0 Å². The zero-order chi connectivity index (χ0) is 6.97. The van der Waals surface area contributed by atoms with Crippen molar-refractivity contribution in [3.63, 3.8) is 0 Å². The Labute approximate surface area is 60.9 Å². The molecule has 0 spiro atoms. The Bertz CT molecular complexity index is 139. The van der Waals surface area contributed by atoms with Gasteiger partial charge in [0, 0.05) is 6.54 Å². The van der Waals surface area contributed by atoms with Gasteiger partial charge in [-0.1, -0.05) is 6.58 Å². The van der Waals surface area contributed by atoms with E-state index in [4.69, 9.17) is 0 Å². The quantitative estimate of drug-likeness (QED) is 0.418. The van der Waals surface area contributed by atoms with Gasteiger partial charge in [-0.3, -0.25) is 0 Å². The van der Waals surface area contributed by atoms with Crippen molar-refractivity contribution in [2.45, 2.75) is 18.5 Å². The molecule has 3 heteroatoms. The molecule has 0 aromatic rings. The number of hydrogen-bond donors (Lipinski definition) is 3. The highest BCUT2D eigenvalue weighted by Gasteiger charge is 2.29. The zero-order valence-electron chi connectivity index (χ0n) is 5.98. The van der Waals surface area contributed by atoms with E-state index in [2.05, 4.69) is 22.5 Å². The Kier molecular flexibility index (Phi) is 1.31. The Hall–Kier alpha value is -0.700. The van der Waals surface area contributed by atoms with Gasteiger partial charge in [-0.25, -0.2) is 0 Å². The Morgan fingerprint density at radius 1 is 1.30 bits per heavy atom. The van der Waals surface area contributed by atoms with Gasteiger partial charge in [0.2, 0.25) is 0 Å². The molecule has 0 bridgehead atoms. The number of nitrogens with one attached hydrogen (secondary N) is 3. The molecule has 0 aliphatic carbocycles. The summed E-state index contributed by atoms with van der Waals surface area (Å²) in [5.74, 6) is 0.985. The fraction of sp³-hybridized carbons (Fsp3) is 0.714. The minimum atomic E-state index is 0.571. The molecule has 0 aromatic heterocycles. The van der Waals surface area contributed by atoms with Crippen LogP contribution in [0.25, 0.3) is 0 Å². The Morgan fingerprint density at radius 2 is 2.10 bits per heavy atom. The monoisotopic (exact) mass is 139 g/mol. The second kappa shape index (κ2) is 2.16. The van der Waals surface area contributed by atoms with Crippen LogP contribution < -0.4 is 16.0 Å². The molecule has 2 aliphatic heterocycles. The van der Waals surface area contributed by atoms with E-state index in [9.17, 15) is 0 Å². The van der Waals surface area contributed by atoms with Crippen molar-refractivity contribution < 1.29 is 0 Å². The molecule has 0 aromatic carbocycles. The molecule has 0 amide bonds. The molecule has 2 atom stereocenters. The lowest BCUT2D eigenvalue weighted by molar-refractivity contribution is 0.391. The van der Waals surface area contributed by atoms with E-state index in [1.807, 2.05) is 0 Å². The van der Waals surface area contributed by atoms with Crippen LogP contribution in [0.4, 0.5) is 0 Å². The van der Waals surface area contributed by atoms with Crippen LogP contribution in [0, 0.1) is 0 Å². The van der Waals surface area contributed by atoms with Crippen LogP contribution in [-0.2, 0) is 0 Å². The maximum atomic E-state index is 3.83. The van der Waals surface area contributed by atoms with Gasteiger partial charge in [0.25, 0.3) is 0 Å². The third kappa shape index (κ3) is 0.865. The van der Waals surface area contributed by atoms with Crippen molar-refractivity contribution in [3.8, 4) is 0 Å². The van der Waals surface area contributed by atoms with Crippen molar-refractivity contribution in [1.82, 2.24) is 16.0 Å². The van der Waals surface area contributed by atoms with Crippen molar-refractivity contribution >= 4 is 0 Å². The first-order valence-corrected chi connectivity index (χ1v) is 3.79. The molecule has 0 saturated carbocycles. The molecule has 2 rings (SSSR count). The van der Waals surface area contributed by atoms with Gasteiger partial charge in [0.15, 0.2) is 0 Å². The second-order valence-corrected chi connectivity index (χ2v) is 2.97. The number of rotatable bonds is 0. The van der Waals surface area contributed by atoms with Gasteiger partial charge in [-0.2, -0.15) is 0 Å². The summed E-state index contributed by atoms with van der Waals surface area (Å²) in [6.45, 7) is 6.02. The molecule has 2 unspecified atom stereocenters. The van der Waals surface area contributed by atoms with E-state index in [-0.39, 0.29) is 0 Å². The van der Waals surface area contributed by atoms with E-state index in [1.54, 1.807) is 0 Å². The molecule has 3 nitrogen and oxygen atoms in total. The summed E-state index contributed by atoms with van der Waals surface area (Å²) in [6.07, 6.45) is 1.21. The summed E-state index contributed by atoms with van der Waals surface area (Å²) in [5, 5.41) is 9.93. The van der Waals surface area contributed by atoms with Crippen molar-refractivity contribution in [1.29, 1.82) is 0 Å². The average molecular weight is 139 g/mol. The largest absolute Gasteiger partial charge is 0.367 e. The van der Waals surface area contributed by atoms with Crippen molar-refractivity contribution in [2.75, 3.05) is 13.1 Å². The van der Waals surface area contributed by atoms with Gasteiger partial charge < -0.3 is 16.0 Å². The lowest BCUT2D eigenvalue weighted by Crippen LogP contribution is -2.48. The van der Waals surface area contributed by atoms with Crippen molar-refractivity contribution in [2.24, 2.45) is 0 Å². The molecule has 2 saturated heterocycles. The van der Waals surface area contributed by atoms with Crippen LogP contribution in [0.15, 0.2) is 12.4 Å². The first kappa shape index (κ1) is 6.04. The van der Waals surface area contributed by atoms with Gasteiger partial charge in [-0.15, -0.1) is 0 Å². The Morgan fingerprint density at radius 3 is 2.90 bits per heavy atom.